The zero-order valence-electron chi connectivity index (χ0n) is 15.4. The lowest BCUT2D eigenvalue weighted by molar-refractivity contribution is -0.137. The second-order valence-electron chi connectivity index (χ2n) is 6.45. The van der Waals surface area contributed by atoms with Crippen LogP contribution >= 0.6 is 22.7 Å². The van der Waals surface area contributed by atoms with E-state index >= 15 is 0 Å². The zero-order valence-corrected chi connectivity index (χ0v) is 17.0. The van der Waals surface area contributed by atoms with Crippen molar-refractivity contribution in [2.24, 2.45) is 0 Å². The lowest BCUT2D eigenvalue weighted by atomic mass is 10.0. The molecule has 3 rings (SSSR count). The molecule has 0 aliphatic heterocycles. The van der Waals surface area contributed by atoms with Crippen LogP contribution in [0.1, 0.15) is 12.0 Å². The smallest absolute Gasteiger partial charge is 0.417 e. The maximum atomic E-state index is 13.8. The Hall–Kier alpha value is -2.10. The highest BCUT2D eigenvalue weighted by atomic mass is 32.1. The molecular weight excluding hydrogens is 407 g/mol. The van der Waals surface area contributed by atoms with E-state index in [2.05, 4.69) is 4.98 Å². The highest BCUT2D eigenvalue weighted by molar-refractivity contribution is 7.19. The summed E-state index contributed by atoms with van der Waals surface area (Å²) < 4.78 is 46.8. The van der Waals surface area contributed by atoms with Crippen molar-refractivity contribution in [3.05, 3.63) is 40.6 Å². The number of thiazole rings is 1. The Balaban J connectivity index is 1.96. The van der Waals surface area contributed by atoms with Crippen LogP contribution in [-0.4, -0.2) is 37.1 Å². The van der Waals surface area contributed by atoms with Crippen molar-refractivity contribution in [1.82, 2.24) is 9.88 Å². The molecule has 4 nitrogen and oxygen atoms in total. The molecule has 0 atom stereocenters. The predicted molar refractivity (Wildman–Crippen MR) is 109 cm³/mol. The molecule has 0 amide bonds. The Morgan fingerprint density at radius 3 is 2.64 bits per heavy atom. The first kappa shape index (κ1) is 20.6. The van der Waals surface area contributed by atoms with Gasteiger partial charge in [-0.2, -0.15) is 24.5 Å². The molecule has 9 heteroatoms. The second kappa shape index (κ2) is 8.50. The number of hydrogen-bond acceptors (Lipinski definition) is 6. The van der Waals surface area contributed by atoms with E-state index in [-0.39, 0.29) is 22.1 Å². The van der Waals surface area contributed by atoms with Crippen LogP contribution in [0.4, 0.5) is 18.3 Å². The third-order valence-electron chi connectivity index (χ3n) is 4.00. The predicted octanol–water partition coefficient (Wildman–Crippen LogP) is 5.47. The first-order valence-corrected chi connectivity index (χ1v) is 10.3. The standard InChI is InChI=1S/C19H20F3N3OS2/c1-25(2)7-3-8-26-13-4-5-14(15(10-13)19(20,21)22)16-17(28-18(23)24-16)12-6-9-27-11-12/h4-6,9-11H,3,7-8H2,1-2H3,(H2,23,24). The minimum absolute atomic E-state index is 0.00212. The van der Waals surface area contributed by atoms with Crippen LogP contribution in [0.2, 0.25) is 0 Å². The van der Waals surface area contributed by atoms with E-state index in [0.29, 0.717) is 11.5 Å². The first-order chi connectivity index (χ1) is 13.3. The van der Waals surface area contributed by atoms with Gasteiger partial charge in [-0.25, -0.2) is 4.98 Å². The number of hydrogen-bond donors (Lipinski definition) is 1. The van der Waals surface area contributed by atoms with Crippen LogP contribution in [-0.2, 0) is 6.18 Å². The fraction of sp³-hybridized carbons (Fsp3) is 0.316. The lowest BCUT2D eigenvalue weighted by Crippen LogP contribution is -2.15. The monoisotopic (exact) mass is 427 g/mol. The fourth-order valence-corrected chi connectivity index (χ4v) is 4.30. The molecule has 0 saturated carbocycles. The van der Waals surface area contributed by atoms with Gasteiger partial charge in [0.15, 0.2) is 5.13 Å². The zero-order chi connectivity index (χ0) is 20.3. The second-order valence-corrected chi connectivity index (χ2v) is 8.26. The average molecular weight is 428 g/mol. The molecule has 0 aliphatic rings. The Morgan fingerprint density at radius 2 is 2.00 bits per heavy atom. The van der Waals surface area contributed by atoms with E-state index in [4.69, 9.17) is 10.5 Å². The van der Waals surface area contributed by atoms with Crippen LogP contribution in [0.3, 0.4) is 0 Å². The van der Waals surface area contributed by atoms with Crippen LogP contribution in [0.5, 0.6) is 5.75 Å². The van der Waals surface area contributed by atoms with Gasteiger partial charge in [-0.15, -0.1) is 0 Å². The number of ether oxygens (including phenoxy) is 1. The SMILES string of the molecule is CN(C)CCCOc1ccc(-c2nc(N)sc2-c2ccsc2)c(C(F)(F)F)c1. The summed E-state index contributed by atoms with van der Waals surface area (Å²) >= 11 is 2.65. The molecule has 0 saturated heterocycles. The van der Waals surface area contributed by atoms with Gasteiger partial charge >= 0.3 is 6.18 Å². The molecule has 0 bridgehead atoms. The Labute approximate surface area is 169 Å². The maximum absolute atomic E-state index is 13.8. The van der Waals surface area contributed by atoms with Crippen LogP contribution < -0.4 is 10.5 Å². The lowest BCUT2D eigenvalue weighted by Gasteiger charge is -2.15. The summed E-state index contributed by atoms with van der Waals surface area (Å²) in [5, 5.41) is 3.96. The molecule has 0 unspecified atom stereocenters. The topological polar surface area (TPSA) is 51.4 Å². The van der Waals surface area contributed by atoms with Gasteiger partial charge in [-0.3, -0.25) is 0 Å². The third kappa shape index (κ3) is 4.84. The Bertz CT molecular complexity index is 921. The molecular formula is C19H20F3N3OS2. The van der Waals surface area contributed by atoms with Crippen molar-refractivity contribution in [3.63, 3.8) is 0 Å². The number of benzene rings is 1. The molecule has 2 N–H and O–H groups in total. The van der Waals surface area contributed by atoms with Crippen LogP contribution in [0.15, 0.2) is 35.0 Å². The highest BCUT2D eigenvalue weighted by Crippen LogP contribution is 2.44. The summed E-state index contributed by atoms with van der Waals surface area (Å²) in [6.45, 7) is 1.14. The van der Waals surface area contributed by atoms with Gasteiger partial charge in [-0.1, -0.05) is 11.3 Å². The van der Waals surface area contributed by atoms with Gasteiger partial charge in [0.25, 0.3) is 0 Å². The number of thiophene rings is 1. The third-order valence-corrected chi connectivity index (χ3v) is 5.61. The van der Waals surface area contributed by atoms with Crippen LogP contribution in [0, 0.1) is 0 Å². The minimum Gasteiger partial charge on any atom is -0.494 e. The Morgan fingerprint density at radius 1 is 1.21 bits per heavy atom. The average Bonchev–Trinajstić information content (AvgIpc) is 3.27. The summed E-state index contributed by atoms with van der Waals surface area (Å²) in [5.74, 6) is 0.190. The van der Waals surface area contributed by atoms with Crippen molar-refractivity contribution in [2.75, 3.05) is 33.0 Å². The van der Waals surface area contributed by atoms with Crippen molar-refractivity contribution in [2.45, 2.75) is 12.6 Å². The van der Waals surface area contributed by atoms with Gasteiger partial charge in [-0.05, 0) is 55.5 Å². The number of halogens is 3. The largest absolute Gasteiger partial charge is 0.494 e. The quantitative estimate of drug-likeness (QED) is 0.508. The minimum atomic E-state index is -4.54. The summed E-state index contributed by atoms with van der Waals surface area (Å²) in [5.41, 5.74) is 6.10. The van der Waals surface area contributed by atoms with E-state index < -0.39 is 11.7 Å². The molecule has 28 heavy (non-hydrogen) atoms. The normalized spacial score (nSPS) is 11.9. The van der Waals surface area contributed by atoms with Gasteiger partial charge in [0.05, 0.1) is 22.7 Å². The molecule has 1 aromatic carbocycles. The molecule has 3 aromatic rings. The summed E-state index contributed by atoms with van der Waals surface area (Å²) in [6, 6.07) is 5.84. The molecule has 150 valence electrons. The van der Waals surface area contributed by atoms with E-state index in [0.717, 1.165) is 24.6 Å². The number of nitrogens with zero attached hydrogens (tertiary/aromatic N) is 2. The number of nitrogens with two attached hydrogens (primary N) is 1. The molecule has 0 spiro atoms. The van der Waals surface area contributed by atoms with Crippen molar-refractivity contribution < 1.29 is 17.9 Å². The molecule has 2 aromatic heterocycles. The molecule has 0 aliphatic carbocycles. The highest BCUT2D eigenvalue weighted by Gasteiger charge is 2.35. The van der Waals surface area contributed by atoms with E-state index in [1.165, 1.54) is 28.7 Å². The molecule has 0 radical (unpaired) electrons. The molecule has 2 heterocycles. The molecule has 0 fully saturated rings. The summed E-state index contributed by atoms with van der Waals surface area (Å²) in [6.07, 6.45) is -3.82. The van der Waals surface area contributed by atoms with Crippen LogP contribution in [0.25, 0.3) is 21.7 Å². The number of anilines is 1. The van der Waals surface area contributed by atoms with E-state index in [9.17, 15) is 13.2 Å². The van der Waals surface area contributed by atoms with Gasteiger partial charge in [0, 0.05) is 17.7 Å². The summed E-state index contributed by atoms with van der Waals surface area (Å²) in [4.78, 5) is 6.81. The first-order valence-electron chi connectivity index (χ1n) is 8.53. The van der Waals surface area contributed by atoms with Crippen molar-refractivity contribution in [3.8, 4) is 27.4 Å². The van der Waals surface area contributed by atoms with Gasteiger partial charge in [0.2, 0.25) is 0 Å². The number of rotatable bonds is 7. The van der Waals surface area contributed by atoms with Gasteiger partial charge < -0.3 is 15.4 Å². The van der Waals surface area contributed by atoms with E-state index in [1.807, 2.05) is 35.8 Å². The Kier molecular flexibility index (Phi) is 6.26. The van der Waals surface area contributed by atoms with Crippen molar-refractivity contribution in [1.29, 1.82) is 0 Å². The number of alkyl halides is 3. The fourth-order valence-electron chi connectivity index (χ4n) is 2.73. The maximum Gasteiger partial charge on any atom is 0.417 e. The van der Waals surface area contributed by atoms with E-state index in [1.54, 1.807) is 6.07 Å². The summed E-state index contributed by atoms with van der Waals surface area (Å²) in [7, 11) is 3.86. The van der Waals surface area contributed by atoms with Crippen molar-refractivity contribution >= 4 is 27.8 Å². The number of nitrogen functional groups attached to an aromatic ring is 1. The number of aromatic nitrogens is 1. The van der Waals surface area contributed by atoms with Gasteiger partial charge in [0.1, 0.15) is 5.75 Å².